The second kappa shape index (κ2) is 8.07. The Morgan fingerprint density at radius 3 is 2.71 bits per heavy atom. The molecule has 0 atom stereocenters. The van der Waals surface area contributed by atoms with Crippen LogP contribution < -0.4 is 5.56 Å². The van der Waals surface area contributed by atoms with E-state index >= 15 is 0 Å². The first kappa shape index (κ1) is 18.0. The molecule has 0 aliphatic carbocycles. The molecule has 4 aromatic rings. The van der Waals surface area contributed by atoms with E-state index in [9.17, 15) is 4.79 Å². The van der Waals surface area contributed by atoms with Gasteiger partial charge in [-0.1, -0.05) is 42.1 Å². The molecule has 136 valence electrons. The van der Waals surface area contributed by atoms with E-state index in [4.69, 9.17) is 10.2 Å². The first-order valence-electron chi connectivity index (χ1n) is 8.75. The summed E-state index contributed by atoms with van der Waals surface area (Å²) in [5.41, 5.74) is 3.19. The van der Waals surface area contributed by atoms with Crippen molar-refractivity contribution in [2.45, 2.75) is 17.5 Å². The summed E-state index contributed by atoms with van der Waals surface area (Å²) in [6, 6.07) is 20.8. The molecule has 0 fully saturated rings. The normalized spacial score (nSPS) is 10.7. The molecule has 0 bridgehead atoms. The maximum absolute atomic E-state index is 13.1. The third kappa shape index (κ3) is 3.80. The molecular formula is C22H16N4OS. The zero-order valence-electron chi connectivity index (χ0n) is 14.9. The van der Waals surface area contributed by atoms with Gasteiger partial charge in [-0.3, -0.25) is 14.3 Å². The van der Waals surface area contributed by atoms with E-state index in [1.165, 1.54) is 11.8 Å². The first-order chi connectivity index (χ1) is 13.7. The monoisotopic (exact) mass is 384 g/mol. The number of thioether (sulfide) groups is 1. The quantitative estimate of drug-likeness (QED) is 0.384. The summed E-state index contributed by atoms with van der Waals surface area (Å²) in [6.45, 7) is 0.408. The number of nitriles is 1. The highest BCUT2D eigenvalue weighted by molar-refractivity contribution is 7.98. The van der Waals surface area contributed by atoms with E-state index in [0.717, 1.165) is 11.1 Å². The smallest absolute Gasteiger partial charge is 0.262 e. The van der Waals surface area contributed by atoms with E-state index < -0.39 is 0 Å². The van der Waals surface area contributed by atoms with E-state index in [-0.39, 0.29) is 5.56 Å². The molecule has 0 saturated heterocycles. The van der Waals surface area contributed by atoms with Crippen molar-refractivity contribution in [2.75, 3.05) is 0 Å². The molecule has 0 aliphatic heterocycles. The lowest BCUT2D eigenvalue weighted by atomic mass is 10.2. The van der Waals surface area contributed by atoms with Crippen molar-refractivity contribution in [1.29, 1.82) is 5.26 Å². The fraction of sp³-hybridized carbons (Fsp3) is 0.0909. The molecule has 5 nitrogen and oxygen atoms in total. The Kier molecular flexibility index (Phi) is 5.18. The topological polar surface area (TPSA) is 71.6 Å². The molecule has 6 heteroatoms. The highest BCUT2D eigenvalue weighted by Gasteiger charge is 2.12. The summed E-state index contributed by atoms with van der Waals surface area (Å²) < 4.78 is 1.69. The van der Waals surface area contributed by atoms with Gasteiger partial charge in [0.2, 0.25) is 0 Å². The number of fused-ring (bicyclic) bond motifs is 1. The second-order valence-corrected chi connectivity index (χ2v) is 7.21. The maximum atomic E-state index is 13.1. The van der Waals surface area contributed by atoms with Gasteiger partial charge < -0.3 is 0 Å². The summed E-state index contributed by atoms with van der Waals surface area (Å²) in [5, 5.41) is 10.3. The van der Waals surface area contributed by atoms with Crippen LogP contribution in [0.25, 0.3) is 10.9 Å². The number of nitrogens with zero attached hydrogens (tertiary/aromatic N) is 4. The van der Waals surface area contributed by atoms with Crippen molar-refractivity contribution in [3.63, 3.8) is 0 Å². The fourth-order valence-electron chi connectivity index (χ4n) is 2.95. The van der Waals surface area contributed by atoms with Crippen LogP contribution in [0.5, 0.6) is 0 Å². The summed E-state index contributed by atoms with van der Waals surface area (Å²) in [6.07, 6.45) is 3.47. The zero-order valence-corrected chi connectivity index (χ0v) is 15.8. The van der Waals surface area contributed by atoms with Gasteiger partial charge in [0.15, 0.2) is 5.16 Å². The van der Waals surface area contributed by atoms with Gasteiger partial charge in [-0.2, -0.15) is 5.26 Å². The van der Waals surface area contributed by atoms with Crippen molar-refractivity contribution in [1.82, 2.24) is 14.5 Å². The molecule has 0 N–H and O–H groups in total. The minimum absolute atomic E-state index is 0.0669. The van der Waals surface area contributed by atoms with Gasteiger partial charge in [0.25, 0.3) is 5.56 Å². The van der Waals surface area contributed by atoms with Crippen LogP contribution in [0, 0.1) is 11.3 Å². The molecule has 0 aliphatic rings. The number of hydrogen-bond donors (Lipinski definition) is 0. The minimum Gasteiger partial charge on any atom is -0.283 e. The van der Waals surface area contributed by atoms with Crippen LogP contribution in [-0.2, 0) is 12.3 Å². The third-order valence-electron chi connectivity index (χ3n) is 4.31. The van der Waals surface area contributed by atoms with Crippen molar-refractivity contribution in [3.8, 4) is 6.07 Å². The Bertz CT molecular complexity index is 1230. The first-order valence-corrected chi connectivity index (χ1v) is 9.73. The molecule has 0 saturated carbocycles. The number of pyridine rings is 1. The summed E-state index contributed by atoms with van der Waals surface area (Å²) in [5.74, 6) is 0.618. The predicted octanol–water partition coefficient (Wildman–Crippen LogP) is 4.00. The minimum atomic E-state index is -0.0669. The summed E-state index contributed by atoms with van der Waals surface area (Å²) >= 11 is 1.49. The van der Waals surface area contributed by atoms with Gasteiger partial charge in [0.1, 0.15) is 0 Å². The van der Waals surface area contributed by atoms with Crippen LogP contribution in [0.1, 0.15) is 16.7 Å². The molecule has 4 rings (SSSR count). The maximum Gasteiger partial charge on any atom is 0.262 e. The van der Waals surface area contributed by atoms with Crippen LogP contribution in [0.4, 0.5) is 0 Å². The Morgan fingerprint density at radius 1 is 1.04 bits per heavy atom. The van der Waals surface area contributed by atoms with Gasteiger partial charge in [-0.05, 0) is 41.5 Å². The molecule has 2 heterocycles. The van der Waals surface area contributed by atoms with Crippen LogP contribution in [0.2, 0.25) is 0 Å². The van der Waals surface area contributed by atoms with Gasteiger partial charge in [-0.15, -0.1) is 0 Å². The van der Waals surface area contributed by atoms with Crippen LogP contribution >= 0.6 is 11.8 Å². The SMILES string of the molecule is N#Cc1cccc(CSc2nc3ccccc3c(=O)n2Cc2cccnc2)c1. The Morgan fingerprint density at radius 2 is 1.89 bits per heavy atom. The molecule has 2 aromatic heterocycles. The molecule has 0 unspecified atom stereocenters. The number of benzene rings is 2. The molecule has 2 aromatic carbocycles. The average Bonchev–Trinajstić information content (AvgIpc) is 2.75. The molecule has 28 heavy (non-hydrogen) atoms. The molecule has 0 radical (unpaired) electrons. The second-order valence-electron chi connectivity index (χ2n) is 6.26. The van der Waals surface area contributed by atoms with Crippen LogP contribution in [0.3, 0.4) is 0 Å². The van der Waals surface area contributed by atoms with Crippen molar-refractivity contribution >= 4 is 22.7 Å². The van der Waals surface area contributed by atoms with Gasteiger partial charge in [0, 0.05) is 18.1 Å². The van der Waals surface area contributed by atoms with Gasteiger partial charge in [0.05, 0.1) is 29.1 Å². The lowest BCUT2D eigenvalue weighted by molar-refractivity contribution is 0.656. The Labute approximate surface area is 166 Å². The number of aromatic nitrogens is 3. The number of para-hydroxylation sites is 1. The lowest BCUT2D eigenvalue weighted by Gasteiger charge is -2.13. The van der Waals surface area contributed by atoms with Crippen molar-refractivity contribution < 1.29 is 0 Å². The zero-order chi connectivity index (χ0) is 19.3. The lowest BCUT2D eigenvalue weighted by Crippen LogP contribution is -2.24. The van der Waals surface area contributed by atoms with E-state index in [1.54, 1.807) is 29.1 Å². The van der Waals surface area contributed by atoms with Crippen molar-refractivity contribution in [2.24, 2.45) is 0 Å². The number of hydrogen-bond acceptors (Lipinski definition) is 5. The largest absolute Gasteiger partial charge is 0.283 e. The van der Waals surface area contributed by atoms with E-state index in [2.05, 4.69) is 11.1 Å². The summed E-state index contributed by atoms with van der Waals surface area (Å²) in [7, 11) is 0. The molecule has 0 amide bonds. The van der Waals surface area contributed by atoms with Gasteiger partial charge >= 0.3 is 0 Å². The predicted molar refractivity (Wildman–Crippen MR) is 110 cm³/mol. The fourth-order valence-corrected chi connectivity index (χ4v) is 3.89. The van der Waals surface area contributed by atoms with E-state index in [1.807, 2.05) is 48.5 Å². The average molecular weight is 384 g/mol. The molecular weight excluding hydrogens is 368 g/mol. The van der Waals surface area contributed by atoms with Gasteiger partial charge in [-0.25, -0.2) is 4.98 Å². The van der Waals surface area contributed by atoms with Crippen molar-refractivity contribution in [3.05, 3.63) is 100 Å². The Balaban J connectivity index is 1.73. The third-order valence-corrected chi connectivity index (χ3v) is 5.36. The standard InChI is InChI=1S/C22H16N4OS/c23-12-16-5-3-6-17(11-16)15-28-22-25-20-9-2-1-8-19(20)21(27)26(22)14-18-7-4-10-24-13-18/h1-11,13H,14-15H2. The highest BCUT2D eigenvalue weighted by atomic mass is 32.2. The van der Waals surface area contributed by atoms with E-state index in [0.29, 0.717) is 33.9 Å². The van der Waals surface area contributed by atoms with Crippen LogP contribution in [-0.4, -0.2) is 14.5 Å². The Hall–Kier alpha value is -3.43. The van der Waals surface area contributed by atoms with Crippen LogP contribution in [0.15, 0.2) is 83.0 Å². The highest BCUT2D eigenvalue weighted by Crippen LogP contribution is 2.23. The number of rotatable bonds is 5. The molecule has 0 spiro atoms. The summed E-state index contributed by atoms with van der Waals surface area (Å²) in [4.78, 5) is 22.0.